The van der Waals surface area contributed by atoms with Gasteiger partial charge in [-0.15, -0.1) is 11.3 Å². The molecule has 0 aromatic carbocycles. The van der Waals surface area contributed by atoms with Gasteiger partial charge >= 0.3 is 0 Å². The van der Waals surface area contributed by atoms with Crippen LogP contribution in [0.2, 0.25) is 0 Å². The second kappa shape index (κ2) is 8.94. The van der Waals surface area contributed by atoms with E-state index in [4.69, 9.17) is 4.74 Å². The molecule has 1 amide bonds. The summed E-state index contributed by atoms with van der Waals surface area (Å²) in [5.41, 5.74) is 0. The molecule has 2 heterocycles. The monoisotopic (exact) mass is 374 g/mol. The number of carbonyl (C=O) groups excluding carboxylic acids is 1. The van der Waals surface area contributed by atoms with Gasteiger partial charge in [-0.1, -0.05) is 19.9 Å². The summed E-state index contributed by atoms with van der Waals surface area (Å²) in [7, 11) is -3.57. The van der Waals surface area contributed by atoms with Gasteiger partial charge < -0.3 is 10.1 Å². The highest BCUT2D eigenvalue weighted by atomic mass is 32.2. The average molecular weight is 375 g/mol. The number of thiophene rings is 1. The first-order chi connectivity index (χ1) is 11.4. The molecular weight excluding hydrogens is 348 g/mol. The van der Waals surface area contributed by atoms with Crippen LogP contribution in [-0.2, 0) is 19.6 Å². The molecule has 1 N–H and O–H groups in total. The third-order valence-electron chi connectivity index (χ3n) is 3.78. The number of rotatable bonds is 9. The average Bonchev–Trinajstić information content (AvgIpc) is 3.21. The van der Waals surface area contributed by atoms with E-state index in [1.54, 1.807) is 17.5 Å². The van der Waals surface area contributed by atoms with Gasteiger partial charge in [0.15, 0.2) is 0 Å². The van der Waals surface area contributed by atoms with E-state index < -0.39 is 16.1 Å². The topological polar surface area (TPSA) is 75.7 Å². The van der Waals surface area contributed by atoms with Crippen LogP contribution in [0, 0.1) is 5.92 Å². The van der Waals surface area contributed by atoms with Crippen molar-refractivity contribution in [3.8, 4) is 0 Å². The van der Waals surface area contributed by atoms with Gasteiger partial charge in [0.05, 0.1) is 0 Å². The molecule has 1 saturated heterocycles. The predicted octanol–water partition coefficient (Wildman–Crippen LogP) is 2.08. The Morgan fingerprint density at radius 1 is 1.50 bits per heavy atom. The van der Waals surface area contributed by atoms with Crippen molar-refractivity contribution in [2.24, 2.45) is 5.92 Å². The van der Waals surface area contributed by atoms with E-state index in [1.807, 2.05) is 0 Å². The maximum absolute atomic E-state index is 12.6. The Labute approximate surface area is 148 Å². The number of amides is 1. The minimum Gasteiger partial charge on any atom is -0.381 e. The zero-order valence-corrected chi connectivity index (χ0v) is 15.9. The fraction of sp³-hybridized carbons (Fsp3) is 0.688. The smallest absolute Gasteiger partial charge is 0.253 e. The molecule has 24 heavy (non-hydrogen) atoms. The first kappa shape index (κ1) is 19.4. The second-order valence-corrected chi connectivity index (χ2v) is 9.38. The number of hydrogen-bond acceptors (Lipinski definition) is 5. The van der Waals surface area contributed by atoms with Crippen LogP contribution < -0.4 is 5.32 Å². The quantitative estimate of drug-likeness (QED) is 0.672. The summed E-state index contributed by atoms with van der Waals surface area (Å²) in [6, 6.07) is 2.69. The highest BCUT2D eigenvalue weighted by Gasteiger charge is 2.39. The minimum atomic E-state index is -3.57. The van der Waals surface area contributed by atoms with Crippen molar-refractivity contribution in [2.45, 2.75) is 43.4 Å². The lowest BCUT2D eigenvalue weighted by Gasteiger charge is -2.22. The Bertz CT molecular complexity index is 614. The van der Waals surface area contributed by atoms with E-state index >= 15 is 0 Å². The Kier molecular flexibility index (Phi) is 7.21. The molecule has 6 nitrogen and oxygen atoms in total. The Morgan fingerprint density at radius 2 is 2.29 bits per heavy atom. The van der Waals surface area contributed by atoms with Gasteiger partial charge in [0.2, 0.25) is 5.91 Å². The van der Waals surface area contributed by atoms with Crippen molar-refractivity contribution in [3.05, 3.63) is 17.5 Å². The fourth-order valence-corrected chi connectivity index (χ4v) is 5.41. The van der Waals surface area contributed by atoms with Gasteiger partial charge in [0, 0.05) is 26.3 Å². The van der Waals surface area contributed by atoms with Crippen molar-refractivity contribution >= 4 is 27.3 Å². The van der Waals surface area contributed by atoms with Crippen LogP contribution in [0.25, 0.3) is 0 Å². The van der Waals surface area contributed by atoms with Crippen LogP contribution >= 0.6 is 11.3 Å². The van der Waals surface area contributed by atoms with E-state index in [-0.39, 0.29) is 5.91 Å². The van der Waals surface area contributed by atoms with Crippen molar-refractivity contribution in [2.75, 3.05) is 26.3 Å². The highest BCUT2D eigenvalue weighted by molar-refractivity contribution is 7.91. The van der Waals surface area contributed by atoms with E-state index in [2.05, 4.69) is 19.2 Å². The van der Waals surface area contributed by atoms with Crippen molar-refractivity contribution in [1.82, 2.24) is 9.62 Å². The molecule has 0 radical (unpaired) electrons. The molecule has 8 heteroatoms. The molecule has 1 aromatic heterocycles. The summed E-state index contributed by atoms with van der Waals surface area (Å²) in [5.74, 6) is 0.283. The lowest BCUT2D eigenvalue weighted by atomic mass is 10.2. The third kappa shape index (κ3) is 5.02. The molecule has 1 unspecified atom stereocenters. The van der Waals surface area contributed by atoms with E-state index in [0.29, 0.717) is 49.3 Å². The maximum Gasteiger partial charge on any atom is 0.253 e. The lowest BCUT2D eigenvalue weighted by molar-refractivity contribution is -0.124. The van der Waals surface area contributed by atoms with Crippen LogP contribution in [0.15, 0.2) is 21.7 Å². The van der Waals surface area contributed by atoms with Gasteiger partial charge in [-0.3, -0.25) is 4.79 Å². The number of nitrogens with zero attached hydrogens (tertiary/aromatic N) is 1. The van der Waals surface area contributed by atoms with Crippen LogP contribution in [-0.4, -0.2) is 51.0 Å². The molecule has 1 aliphatic heterocycles. The molecule has 1 aliphatic rings. The number of carbonyl (C=O) groups is 1. The Hall–Kier alpha value is -0.960. The second-order valence-electron chi connectivity index (χ2n) is 6.32. The van der Waals surface area contributed by atoms with Gasteiger partial charge in [0.1, 0.15) is 10.3 Å². The molecule has 136 valence electrons. The standard InChI is InChI=1S/C16H26N2O4S2/c1-13(2)12-22-10-5-8-17-16(19)14-6-3-9-18(14)24(20,21)15-7-4-11-23-15/h4,7,11,13-14H,3,5-6,8-10,12H2,1-2H3,(H,17,19). The summed E-state index contributed by atoms with van der Waals surface area (Å²) in [6.45, 7) is 6.38. The molecule has 2 rings (SSSR count). The third-order valence-corrected chi connectivity index (χ3v) is 7.06. The number of hydrogen-bond donors (Lipinski definition) is 1. The molecule has 0 bridgehead atoms. The van der Waals surface area contributed by atoms with Crippen molar-refractivity contribution in [3.63, 3.8) is 0 Å². The molecule has 1 atom stereocenters. The Balaban J connectivity index is 1.83. The zero-order chi connectivity index (χ0) is 17.6. The number of sulfonamides is 1. The maximum atomic E-state index is 12.6. The van der Waals surface area contributed by atoms with Gasteiger partial charge in [-0.25, -0.2) is 8.42 Å². The fourth-order valence-electron chi connectivity index (χ4n) is 2.64. The van der Waals surface area contributed by atoms with Crippen LogP contribution in [0.5, 0.6) is 0 Å². The Morgan fingerprint density at radius 3 is 2.96 bits per heavy atom. The van der Waals surface area contributed by atoms with Gasteiger partial charge in [-0.2, -0.15) is 4.31 Å². The largest absolute Gasteiger partial charge is 0.381 e. The van der Waals surface area contributed by atoms with Crippen LogP contribution in [0.4, 0.5) is 0 Å². The molecular formula is C16H26N2O4S2. The summed E-state index contributed by atoms with van der Waals surface area (Å²) >= 11 is 1.18. The van der Waals surface area contributed by atoms with E-state index in [9.17, 15) is 13.2 Å². The molecule has 0 spiro atoms. The van der Waals surface area contributed by atoms with Crippen molar-refractivity contribution in [1.29, 1.82) is 0 Å². The molecule has 1 aromatic rings. The molecule has 0 aliphatic carbocycles. The van der Waals surface area contributed by atoms with Crippen molar-refractivity contribution < 1.29 is 17.9 Å². The van der Waals surface area contributed by atoms with Crippen LogP contribution in [0.1, 0.15) is 33.1 Å². The molecule has 1 fully saturated rings. The van der Waals surface area contributed by atoms with Gasteiger partial charge in [0.25, 0.3) is 10.0 Å². The lowest BCUT2D eigenvalue weighted by Crippen LogP contribution is -2.46. The molecule has 0 saturated carbocycles. The SMILES string of the molecule is CC(C)COCCCNC(=O)C1CCCN1S(=O)(=O)c1cccs1. The summed E-state index contributed by atoms with van der Waals surface area (Å²) in [6.07, 6.45) is 2.00. The normalized spacial score (nSPS) is 19.0. The van der Waals surface area contributed by atoms with Gasteiger partial charge in [-0.05, 0) is 36.6 Å². The number of nitrogens with one attached hydrogen (secondary N) is 1. The number of ether oxygens (including phenoxy) is 1. The van der Waals surface area contributed by atoms with Crippen LogP contribution in [0.3, 0.4) is 0 Å². The highest BCUT2D eigenvalue weighted by Crippen LogP contribution is 2.28. The summed E-state index contributed by atoms with van der Waals surface area (Å²) in [5, 5.41) is 4.57. The van der Waals surface area contributed by atoms with E-state index in [0.717, 1.165) is 6.42 Å². The predicted molar refractivity (Wildman–Crippen MR) is 94.5 cm³/mol. The van der Waals surface area contributed by atoms with E-state index in [1.165, 1.54) is 15.6 Å². The summed E-state index contributed by atoms with van der Waals surface area (Å²) < 4.78 is 32.4. The zero-order valence-electron chi connectivity index (χ0n) is 14.2. The first-order valence-corrected chi connectivity index (χ1v) is 10.7. The first-order valence-electron chi connectivity index (χ1n) is 8.33. The minimum absolute atomic E-state index is 0.212. The summed E-state index contributed by atoms with van der Waals surface area (Å²) in [4.78, 5) is 12.4.